The molecule has 0 saturated heterocycles. The lowest BCUT2D eigenvalue weighted by molar-refractivity contribution is 0.257. The molecule has 0 spiro atoms. The number of hydrogen-bond acceptors (Lipinski definition) is 3. The van der Waals surface area contributed by atoms with Crippen molar-refractivity contribution in [3.05, 3.63) is 52.6 Å². The number of carbonyl (C=O) groups is 1. The molecule has 0 aliphatic heterocycles. The van der Waals surface area contributed by atoms with Crippen molar-refractivity contribution < 1.29 is 4.79 Å². The molecule has 5 nitrogen and oxygen atoms in total. The van der Waals surface area contributed by atoms with Crippen molar-refractivity contribution in [3.63, 3.8) is 0 Å². The Bertz CT molecular complexity index is 753. The summed E-state index contributed by atoms with van der Waals surface area (Å²) in [5, 5.41) is 4.96. The summed E-state index contributed by atoms with van der Waals surface area (Å²) >= 11 is 1.24. The number of carbonyl (C=O) groups excluding carboxylic acids is 1. The lowest BCUT2D eigenvalue weighted by Gasteiger charge is -2.16. The maximum Gasteiger partial charge on any atom is 0.329 e. The van der Waals surface area contributed by atoms with E-state index >= 15 is 0 Å². The molecular formula is C21H28N4OS. The summed E-state index contributed by atoms with van der Waals surface area (Å²) in [5.74, 6) is 0.806. The number of nitrogens with one attached hydrogen (secondary N) is 2. The number of amidine groups is 1. The molecule has 1 aromatic carbocycles. The molecule has 0 radical (unpaired) electrons. The van der Waals surface area contributed by atoms with Crippen molar-refractivity contribution in [3.8, 4) is 0 Å². The van der Waals surface area contributed by atoms with Crippen molar-refractivity contribution in [1.82, 2.24) is 9.62 Å². The summed E-state index contributed by atoms with van der Waals surface area (Å²) in [6.45, 7) is 6.55. The van der Waals surface area contributed by atoms with E-state index < -0.39 is 0 Å². The Labute approximate surface area is 166 Å². The monoisotopic (exact) mass is 384 g/mol. The predicted octanol–water partition coefficient (Wildman–Crippen LogP) is 4.44. The molecule has 27 heavy (non-hydrogen) atoms. The van der Waals surface area contributed by atoms with Crippen LogP contribution >= 0.6 is 11.9 Å². The first-order valence-electron chi connectivity index (χ1n) is 9.59. The van der Waals surface area contributed by atoms with Gasteiger partial charge in [0.25, 0.3) is 0 Å². The van der Waals surface area contributed by atoms with E-state index in [0.29, 0.717) is 0 Å². The summed E-state index contributed by atoms with van der Waals surface area (Å²) in [5.41, 5.74) is 6.60. The Morgan fingerprint density at radius 2 is 1.93 bits per heavy atom. The van der Waals surface area contributed by atoms with Crippen LogP contribution in [0.15, 0.2) is 35.3 Å². The van der Waals surface area contributed by atoms with E-state index in [2.05, 4.69) is 34.6 Å². The van der Waals surface area contributed by atoms with Gasteiger partial charge in [0.05, 0.1) is 0 Å². The van der Waals surface area contributed by atoms with Crippen molar-refractivity contribution >= 4 is 29.5 Å². The quantitative estimate of drug-likeness (QED) is 0.433. The van der Waals surface area contributed by atoms with Gasteiger partial charge in [0.1, 0.15) is 5.84 Å². The molecule has 0 aromatic heterocycles. The van der Waals surface area contributed by atoms with Gasteiger partial charge in [-0.1, -0.05) is 12.6 Å². The number of urea groups is 1. The average molecular weight is 385 g/mol. The molecule has 0 bridgehead atoms. The number of fused-ring (bicyclic) bond motifs is 2. The Morgan fingerprint density at radius 1 is 1.26 bits per heavy atom. The van der Waals surface area contributed by atoms with E-state index in [4.69, 9.17) is 0 Å². The number of likely N-dealkylation sites (N-methyl/N-ethyl adjacent to an activating group) is 1. The highest BCUT2D eigenvalue weighted by Gasteiger charge is 2.24. The average Bonchev–Trinajstić information content (AvgIpc) is 3.32. The van der Waals surface area contributed by atoms with Crippen LogP contribution in [0.3, 0.4) is 0 Å². The smallest absolute Gasteiger partial charge is 0.329 e. The molecule has 2 N–H and O–H groups in total. The van der Waals surface area contributed by atoms with Crippen LogP contribution < -0.4 is 10.0 Å². The summed E-state index contributed by atoms with van der Waals surface area (Å²) in [6.07, 6.45) is 10.2. The zero-order chi connectivity index (χ0) is 19.2. The first kappa shape index (κ1) is 19.5. The molecular weight excluding hydrogens is 356 g/mol. The maximum atomic E-state index is 12.4. The standard InChI is InChI=1S/C21H28N4OS/c1-4-22-19(25(3)5-2)12-13-27-24-21(26)23-20-17-10-6-8-15(17)14-16-9-7-11-18(16)20/h4,12-14H,1,5-11H2,2-3H3,(H2,23,24,26)/b13-12+,22-19?. The normalized spacial score (nSPS) is 15.6. The highest BCUT2D eigenvalue weighted by Crippen LogP contribution is 2.38. The molecule has 1 aromatic rings. The molecule has 2 aliphatic carbocycles. The van der Waals surface area contributed by atoms with E-state index in [1.165, 1.54) is 53.2 Å². The fourth-order valence-corrected chi connectivity index (χ4v) is 4.23. The van der Waals surface area contributed by atoms with Gasteiger partial charge in [0.15, 0.2) is 0 Å². The minimum Gasteiger partial charge on any atom is -0.360 e. The fourth-order valence-electron chi connectivity index (χ4n) is 3.81. The first-order valence-corrected chi connectivity index (χ1v) is 10.5. The third kappa shape index (κ3) is 4.56. The predicted molar refractivity (Wildman–Crippen MR) is 115 cm³/mol. The molecule has 2 amide bonds. The van der Waals surface area contributed by atoms with E-state index in [1.54, 1.807) is 0 Å². The Hall–Kier alpha value is -2.21. The number of benzene rings is 1. The van der Waals surface area contributed by atoms with Gasteiger partial charge in [-0.3, -0.25) is 4.72 Å². The third-order valence-electron chi connectivity index (χ3n) is 5.24. The lowest BCUT2D eigenvalue weighted by Crippen LogP contribution is -2.25. The number of rotatable bonds is 6. The highest BCUT2D eigenvalue weighted by molar-refractivity contribution is 8.00. The molecule has 2 aliphatic rings. The Morgan fingerprint density at radius 3 is 2.52 bits per heavy atom. The van der Waals surface area contributed by atoms with Crippen LogP contribution in [0.1, 0.15) is 42.0 Å². The van der Waals surface area contributed by atoms with Crippen molar-refractivity contribution in [2.24, 2.45) is 4.99 Å². The first-order chi connectivity index (χ1) is 13.1. The van der Waals surface area contributed by atoms with Gasteiger partial charge < -0.3 is 10.2 Å². The Balaban J connectivity index is 1.62. The van der Waals surface area contributed by atoms with E-state index in [1.807, 2.05) is 23.4 Å². The van der Waals surface area contributed by atoms with Crippen LogP contribution in [0.2, 0.25) is 0 Å². The molecule has 0 fully saturated rings. The number of hydrogen-bond donors (Lipinski definition) is 2. The van der Waals surface area contributed by atoms with Crippen LogP contribution in [0, 0.1) is 0 Å². The second-order valence-corrected chi connectivity index (χ2v) is 7.61. The topological polar surface area (TPSA) is 56.7 Å². The highest BCUT2D eigenvalue weighted by atomic mass is 32.2. The molecule has 0 saturated carbocycles. The van der Waals surface area contributed by atoms with Gasteiger partial charge in [-0.2, -0.15) is 0 Å². The van der Waals surface area contributed by atoms with Crippen molar-refractivity contribution in [1.29, 1.82) is 0 Å². The fraction of sp³-hybridized carbons (Fsp3) is 0.429. The second kappa shape index (κ2) is 9.13. The minimum atomic E-state index is -0.176. The van der Waals surface area contributed by atoms with E-state index in [0.717, 1.165) is 43.8 Å². The van der Waals surface area contributed by atoms with Gasteiger partial charge in [-0.25, -0.2) is 9.79 Å². The minimum absolute atomic E-state index is 0.176. The van der Waals surface area contributed by atoms with Crippen LogP contribution in [0.5, 0.6) is 0 Å². The third-order valence-corrected chi connectivity index (χ3v) is 5.81. The number of nitrogens with zero attached hydrogens (tertiary/aromatic N) is 2. The number of anilines is 1. The number of amides is 2. The second-order valence-electron chi connectivity index (χ2n) is 6.89. The van der Waals surface area contributed by atoms with Gasteiger partial charge >= 0.3 is 6.03 Å². The van der Waals surface area contributed by atoms with Crippen molar-refractivity contribution in [2.45, 2.75) is 45.4 Å². The molecule has 144 valence electrons. The summed E-state index contributed by atoms with van der Waals surface area (Å²) in [7, 11) is 1.97. The van der Waals surface area contributed by atoms with Crippen LogP contribution in [-0.4, -0.2) is 30.4 Å². The summed E-state index contributed by atoms with van der Waals surface area (Å²) in [6, 6.07) is 2.20. The van der Waals surface area contributed by atoms with Crippen LogP contribution in [0.25, 0.3) is 0 Å². The largest absolute Gasteiger partial charge is 0.360 e. The maximum absolute atomic E-state index is 12.4. The zero-order valence-electron chi connectivity index (χ0n) is 16.2. The van der Waals surface area contributed by atoms with Gasteiger partial charge in [0, 0.05) is 25.5 Å². The number of aryl methyl sites for hydroxylation is 2. The summed E-state index contributed by atoms with van der Waals surface area (Å²) in [4.78, 5) is 18.7. The molecule has 3 rings (SSSR count). The van der Waals surface area contributed by atoms with Gasteiger partial charge in [0.2, 0.25) is 0 Å². The molecule has 0 unspecified atom stereocenters. The van der Waals surface area contributed by atoms with E-state index in [-0.39, 0.29) is 6.03 Å². The summed E-state index contributed by atoms with van der Waals surface area (Å²) < 4.78 is 2.85. The van der Waals surface area contributed by atoms with Gasteiger partial charge in [-0.15, -0.1) is 0 Å². The molecule has 0 heterocycles. The zero-order valence-corrected chi connectivity index (χ0v) is 17.0. The molecule has 0 atom stereocenters. The van der Waals surface area contributed by atoms with Crippen molar-refractivity contribution in [2.75, 3.05) is 18.9 Å². The van der Waals surface area contributed by atoms with Gasteiger partial charge in [-0.05, 0) is 91.1 Å². The van der Waals surface area contributed by atoms with Crippen LogP contribution in [-0.2, 0) is 25.7 Å². The Kier molecular flexibility index (Phi) is 6.61. The van der Waals surface area contributed by atoms with Crippen LogP contribution in [0.4, 0.5) is 10.5 Å². The lowest BCUT2D eigenvalue weighted by atomic mass is 9.99. The molecule has 6 heteroatoms. The SMILES string of the molecule is C=CN=C(/C=C/SNC(=O)Nc1c2c(cc3c1CCC3)CCC2)N(C)CC. The van der Waals surface area contributed by atoms with E-state index in [9.17, 15) is 4.79 Å². The number of aliphatic imine (C=N–C) groups is 1.